The highest BCUT2D eigenvalue weighted by molar-refractivity contribution is 7.89. The van der Waals surface area contributed by atoms with Crippen LogP contribution in [-0.4, -0.2) is 34.2 Å². The second-order valence-electron chi connectivity index (χ2n) is 7.00. The van der Waals surface area contributed by atoms with Crippen LogP contribution >= 0.6 is 0 Å². The second kappa shape index (κ2) is 9.99. The fourth-order valence-electron chi connectivity index (χ4n) is 3.38. The van der Waals surface area contributed by atoms with Gasteiger partial charge in [-0.2, -0.15) is 0 Å². The highest BCUT2D eigenvalue weighted by Crippen LogP contribution is 2.36. The highest BCUT2D eigenvalue weighted by Gasteiger charge is 2.35. The number of carbonyl (C=O) groups is 1. The van der Waals surface area contributed by atoms with E-state index in [9.17, 15) is 17.6 Å². The van der Waals surface area contributed by atoms with Crippen molar-refractivity contribution < 1.29 is 22.3 Å². The van der Waals surface area contributed by atoms with Crippen LogP contribution in [0, 0.1) is 18.8 Å². The quantitative estimate of drug-likeness (QED) is 0.511. The number of rotatable bonds is 9. The van der Waals surface area contributed by atoms with E-state index in [1.807, 2.05) is 19.1 Å². The minimum Gasteiger partial charge on any atom is -0.469 e. The summed E-state index contributed by atoms with van der Waals surface area (Å²) in [5.74, 6) is -0.516. The van der Waals surface area contributed by atoms with E-state index in [1.54, 1.807) is 24.3 Å². The van der Waals surface area contributed by atoms with Crippen LogP contribution in [0.1, 0.15) is 37.7 Å². The van der Waals surface area contributed by atoms with Gasteiger partial charge in [-0.05, 0) is 56.6 Å². The fraction of sp³-hybridized carbons (Fsp3) is 0.550. The molecule has 0 radical (unpaired) electrons. The monoisotopic (exact) mass is 397 g/mol. The van der Waals surface area contributed by atoms with Crippen LogP contribution in [0.3, 0.4) is 0 Å². The van der Waals surface area contributed by atoms with Crippen molar-refractivity contribution in [3.8, 4) is 0 Å². The zero-order chi connectivity index (χ0) is 19.9. The van der Waals surface area contributed by atoms with Crippen LogP contribution < -0.4 is 4.72 Å². The predicted molar refractivity (Wildman–Crippen MR) is 102 cm³/mol. The lowest BCUT2D eigenvalue weighted by Gasteiger charge is -2.20. The summed E-state index contributed by atoms with van der Waals surface area (Å²) in [6, 6.07) is 6.66. The van der Waals surface area contributed by atoms with E-state index < -0.39 is 16.2 Å². The number of benzene rings is 1. The number of esters is 1. The van der Waals surface area contributed by atoms with Gasteiger partial charge in [-0.1, -0.05) is 29.8 Å². The first-order chi connectivity index (χ1) is 12.8. The number of methoxy groups -OCH3 is 1. The molecule has 0 bridgehead atoms. The standard InChI is InChI=1S/C20H28FNO4S/c1-15-8-11-17(12-9-15)27(24,25)22-14-16-10-13-19(21)18(16)6-4-3-5-7-20(23)26-2/h3-4,8-9,11-12,16,18-19,22H,5-7,10,13-14H2,1-2H3/b4-3-/t16-,18-,19-/m1/s1. The molecule has 27 heavy (non-hydrogen) atoms. The van der Waals surface area contributed by atoms with Crippen molar-refractivity contribution in [1.82, 2.24) is 4.72 Å². The van der Waals surface area contributed by atoms with Gasteiger partial charge in [-0.3, -0.25) is 4.79 Å². The Morgan fingerprint density at radius 1 is 1.26 bits per heavy atom. The van der Waals surface area contributed by atoms with Gasteiger partial charge in [0.2, 0.25) is 10.0 Å². The van der Waals surface area contributed by atoms with Gasteiger partial charge in [-0.25, -0.2) is 17.5 Å². The third-order valence-corrected chi connectivity index (χ3v) is 6.51. The van der Waals surface area contributed by atoms with Crippen LogP contribution in [0.25, 0.3) is 0 Å². The third-order valence-electron chi connectivity index (χ3n) is 5.07. The van der Waals surface area contributed by atoms with E-state index in [-0.39, 0.29) is 29.2 Å². The molecule has 1 aliphatic rings. The first kappa shape index (κ1) is 21.6. The SMILES string of the molecule is COC(=O)CC/C=C\C[C@@H]1[C@@H](CNS(=O)(=O)c2ccc(C)cc2)CC[C@H]1F. The lowest BCUT2D eigenvalue weighted by molar-refractivity contribution is -0.140. The zero-order valence-corrected chi connectivity index (χ0v) is 16.7. The molecule has 1 aromatic carbocycles. The molecule has 0 spiro atoms. The molecule has 2 rings (SSSR count). The summed E-state index contributed by atoms with van der Waals surface area (Å²) in [4.78, 5) is 11.3. The highest BCUT2D eigenvalue weighted by atomic mass is 32.2. The molecule has 0 unspecified atom stereocenters. The molecule has 0 heterocycles. The van der Waals surface area contributed by atoms with E-state index in [0.717, 1.165) is 5.56 Å². The fourth-order valence-corrected chi connectivity index (χ4v) is 4.48. The summed E-state index contributed by atoms with van der Waals surface area (Å²) >= 11 is 0. The Morgan fingerprint density at radius 2 is 1.96 bits per heavy atom. The van der Waals surface area contributed by atoms with E-state index in [0.29, 0.717) is 32.1 Å². The zero-order valence-electron chi connectivity index (χ0n) is 15.9. The lowest BCUT2D eigenvalue weighted by atomic mass is 9.92. The van der Waals surface area contributed by atoms with Crippen molar-refractivity contribution >= 4 is 16.0 Å². The van der Waals surface area contributed by atoms with Gasteiger partial charge in [0.25, 0.3) is 0 Å². The normalized spacial score (nSPS) is 23.0. The number of aryl methyl sites for hydroxylation is 1. The van der Waals surface area contributed by atoms with Crippen LogP contribution in [0.4, 0.5) is 4.39 Å². The first-order valence-corrected chi connectivity index (χ1v) is 10.7. The molecule has 7 heteroatoms. The maximum atomic E-state index is 14.2. The minimum atomic E-state index is -3.59. The number of alkyl halides is 1. The summed E-state index contributed by atoms with van der Waals surface area (Å²) in [5, 5.41) is 0. The number of hydrogen-bond donors (Lipinski definition) is 1. The van der Waals surface area contributed by atoms with E-state index in [2.05, 4.69) is 9.46 Å². The number of allylic oxidation sites excluding steroid dienone is 2. The van der Waals surface area contributed by atoms with Gasteiger partial charge >= 0.3 is 5.97 Å². The molecule has 1 aromatic rings. The Balaban J connectivity index is 1.88. The van der Waals surface area contributed by atoms with E-state index >= 15 is 0 Å². The topological polar surface area (TPSA) is 72.5 Å². The number of carbonyl (C=O) groups excluding carboxylic acids is 1. The number of nitrogens with one attached hydrogen (secondary N) is 1. The minimum absolute atomic E-state index is 0.0366. The van der Waals surface area contributed by atoms with E-state index in [4.69, 9.17) is 0 Å². The molecule has 0 amide bonds. The van der Waals surface area contributed by atoms with Crippen molar-refractivity contribution in [3.05, 3.63) is 42.0 Å². The molecule has 1 aliphatic carbocycles. The van der Waals surface area contributed by atoms with E-state index in [1.165, 1.54) is 7.11 Å². The van der Waals surface area contributed by atoms with Crippen molar-refractivity contribution in [2.75, 3.05) is 13.7 Å². The summed E-state index contributed by atoms with van der Waals surface area (Å²) < 4.78 is 46.3. The molecular weight excluding hydrogens is 369 g/mol. The molecular formula is C20H28FNO4S. The van der Waals surface area contributed by atoms with Crippen molar-refractivity contribution in [2.45, 2.75) is 50.1 Å². The van der Waals surface area contributed by atoms with Crippen molar-refractivity contribution in [3.63, 3.8) is 0 Å². The second-order valence-corrected chi connectivity index (χ2v) is 8.77. The van der Waals surface area contributed by atoms with Crippen molar-refractivity contribution in [1.29, 1.82) is 0 Å². The van der Waals surface area contributed by atoms with Gasteiger partial charge in [0.1, 0.15) is 6.17 Å². The van der Waals surface area contributed by atoms with Gasteiger partial charge in [0, 0.05) is 13.0 Å². The molecule has 150 valence electrons. The summed E-state index contributed by atoms with van der Waals surface area (Å²) in [7, 11) is -2.24. The first-order valence-electron chi connectivity index (χ1n) is 9.25. The largest absolute Gasteiger partial charge is 0.469 e. The number of ether oxygens (including phenoxy) is 1. The smallest absolute Gasteiger partial charge is 0.305 e. The van der Waals surface area contributed by atoms with Gasteiger partial charge in [-0.15, -0.1) is 0 Å². The number of halogens is 1. The molecule has 1 fully saturated rings. The summed E-state index contributed by atoms with van der Waals surface area (Å²) in [6.45, 7) is 2.13. The Bertz CT molecular complexity index is 746. The van der Waals surface area contributed by atoms with Crippen LogP contribution in [0.5, 0.6) is 0 Å². The number of sulfonamides is 1. The van der Waals surface area contributed by atoms with Gasteiger partial charge in [0.15, 0.2) is 0 Å². The molecule has 0 aliphatic heterocycles. The Hall–Kier alpha value is -1.73. The maximum absolute atomic E-state index is 14.2. The van der Waals surface area contributed by atoms with Crippen molar-refractivity contribution in [2.24, 2.45) is 11.8 Å². The Kier molecular flexibility index (Phi) is 7.98. The van der Waals surface area contributed by atoms with Crippen LogP contribution in [-0.2, 0) is 19.6 Å². The Morgan fingerprint density at radius 3 is 2.63 bits per heavy atom. The summed E-state index contributed by atoms with van der Waals surface area (Å²) in [6.07, 6.45) is 5.33. The molecule has 0 aromatic heterocycles. The summed E-state index contributed by atoms with van der Waals surface area (Å²) in [5.41, 5.74) is 0.990. The average molecular weight is 398 g/mol. The third kappa shape index (κ3) is 6.43. The van der Waals surface area contributed by atoms with Crippen LogP contribution in [0.2, 0.25) is 0 Å². The number of hydrogen-bond acceptors (Lipinski definition) is 4. The molecule has 1 saturated carbocycles. The maximum Gasteiger partial charge on any atom is 0.305 e. The Labute approximate surface area is 161 Å². The van der Waals surface area contributed by atoms with Gasteiger partial charge < -0.3 is 4.74 Å². The molecule has 1 N–H and O–H groups in total. The average Bonchev–Trinajstić information content (AvgIpc) is 3.00. The lowest BCUT2D eigenvalue weighted by Crippen LogP contribution is -2.32. The molecule has 3 atom stereocenters. The molecule has 0 saturated heterocycles. The predicted octanol–water partition coefficient (Wildman–Crippen LogP) is 3.54. The molecule has 5 nitrogen and oxygen atoms in total. The van der Waals surface area contributed by atoms with Gasteiger partial charge in [0.05, 0.1) is 12.0 Å². The van der Waals surface area contributed by atoms with Crippen LogP contribution in [0.15, 0.2) is 41.3 Å².